The van der Waals surface area contributed by atoms with Crippen molar-refractivity contribution < 1.29 is 8.42 Å². The van der Waals surface area contributed by atoms with Crippen LogP contribution in [-0.4, -0.2) is 18.4 Å². The van der Waals surface area contributed by atoms with Crippen molar-refractivity contribution in [3.63, 3.8) is 0 Å². The molecule has 0 aliphatic rings. The van der Waals surface area contributed by atoms with Gasteiger partial charge in [0.05, 0.1) is 20.8 Å². The second kappa shape index (κ2) is 5.45. The summed E-state index contributed by atoms with van der Waals surface area (Å²) in [5.41, 5.74) is -0.773. The first-order valence-electron chi connectivity index (χ1n) is 4.97. The number of H-pyrrole nitrogens is 1. The number of halogens is 3. The van der Waals surface area contributed by atoms with Crippen LogP contribution in [0.5, 0.6) is 0 Å². The number of nitrogens with one attached hydrogen (secondary N) is 1. The monoisotopic (exact) mass is 397 g/mol. The highest BCUT2D eigenvalue weighted by Gasteiger charge is 2.21. The van der Waals surface area contributed by atoms with Gasteiger partial charge in [-0.25, -0.2) is 18.5 Å². The van der Waals surface area contributed by atoms with Crippen molar-refractivity contribution in [1.82, 2.24) is 9.97 Å². The van der Waals surface area contributed by atoms with Crippen molar-refractivity contribution in [2.75, 3.05) is 0 Å². The van der Waals surface area contributed by atoms with Gasteiger partial charge in [0.25, 0.3) is 5.56 Å². The molecule has 0 aromatic carbocycles. The normalized spacial score (nSPS) is 11.6. The van der Waals surface area contributed by atoms with Crippen LogP contribution >= 0.6 is 39.1 Å². The first-order chi connectivity index (χ1) is 9.20. The zero-order chi connectivity index (χ0) is 15.1. The van der Waals surface area contributed by atoms with Gasteiger partial charge in [-0.1, -0.05) is 23.2 Å². The number of nitrogens with zero attached hydrogens (tertiary/aromatic N) is 1. The van der Waals surface area contributed by atoms with E-state index >= 15 is 0 Å². The van der Waals surface area contributed by atoms with Crippen LogP contribution in [0.1, 0.15) is 0 Å². The Kier molecular flexibility index (Phi) is 4.22. The summed E-state index contributed by atoms with van der Waals surface area (Å²) >= 11 is 14.7. The fourth-order valence-electron chi connectivity index (χ4n) is 1.49. The molecule has 10 heteroatoms. The second-order valence-electron chi connectivity index (χ2n) is 3.71. The zero-order valence-electron chi connectivity index (χ0n) is 9.52. The second-order valence-corrected chi connectivity index (χ2v) is 6.89. The lowest BCUT2D eigenvalue weighted by Gasteiger charge is -2.08. The first kappa shape index (κ1) is 15.5. The molecule has 20 heavy (non-hydrogen) atoms. The molecule has 0 radical (unpaired) electrons. The molecule has 2 aromatic rings. The first-order valence-corrected chi connectivity index (χ1v) is 8.07. The predicted molar refractivity (Wildman–Crippen MR) is 79.4 cm³/mol. The number of nitrogens with two attached hydrogens (primary N) is 1. The SMILES string of the molecule is NS(=O)(=O)c1cc(Br)c(Cl)nc1-c1cc(Cl)c[nH]c1=O. The average Bonchev–Trinajstić information content (AvgIpc) is 2.34. The Hall–Kier alpha value is -0.930. The molecule has 0 unspecified atom stereocenters. The molecule has 0 amide bonds. The van der Waals surface area contributed by atoms with E-state index in [1.54, 1.807) is 0 Å². The third-order valence-corrected chi connectivity index (χ3v) is 4.59. The predicted octanol–water partition coefficient (Wildman–Crippen LogP) is 2.15. The topological polar surface area (TPSA) is 106 Å². The van der Waals surface area contributed by atoms with E-state index in [4.69, 9.17) is 28.3 Å². The maximum atomic E-state index is 11.8. The Bertz CT molecular complexity index is 851. The van der Waals surface area contributed by atoms with Gasteiger partial charge in [-0.3, -0.25) is 4.79 Å². The zero-order valence-corrected chi connectivity index (χ0v) is 13.4. The lowest BCUT2D eigenvalue weighted by molar-refractivity contribution is 0.597. The van der Waals surface area contributed by atoms with Gasteiger partial charge in [-0.05, 0) is 28.1 Å². The van der Waals surface area contributed by atoms with Crippen LogP contribution in [0.25, 0.3) is 11.3 Å². The Morgan fingerprint density at radius 1 is 1.30 bits per heavy atom. The maximum Gasteiger partial charge on any atom is 0.257 e. The van der Waals surface area contributed by atoms with Crippen LogP contribution in [0.3, 0.4) is 0 Å². The number of primary sulfonamides is 1. The molecule has 0 bridgehead atoms. The van der Waals surface area contributed by atoms with E-state index in [1.807, 2.05) is 0 Å². The molecule has 0 aliphatic heterocycles. The highest BCUT2D eigenvalue weighted by atomic mass is 79.9. The third kappa shape index (κ3) is 3.04. The number of hydrogen-bond donors (Lipinski definition) is 2. The van der Waals surface area contributed by atoms with Crippen LogP contribution in [0, 0.1) is 0 Å². The summed E-state index contributed by atoms with van der Waals surface area (Å²) in [6.07, 6.45) is 1.27. The molecule has 0 fully saturated rings. The smallest absolute Gasteiger partial charge is 0.257 e. The summed E-state index contributed by atoms with van der Waals surface area (Å²) in [7, 11) is -4.10. The van der Waals surface area contributed by atoms with Gasteiger partial charge in [-0.2, -0.15) is 0 Å². The van der Waals surface area contributed by atoms with E-state index in [0.29, 0.717) is 0 Å². The molecule has 0 saturated carbocycles. The molecule has 2 rings (SSSR count). The number of aromatic nitrogens is 2. The van der Waals surface area contributed by atoms with Gasteiger partial charge in [0, 0.05) is 6.20 Å². The summed E-state index contributed by atoms with van der Waals surface area (Å²) in [4.78, 5) is 17.7. The minimum absolute atomic E-state index is 0.00762. The largest absolute Gasteiger partial charge is 0.327 e. The molecule has 0 atom stereocenters. The summed E-state index contributed by atoms with van der Waals surface area (Å²) in [5.74, 6) is 0. The highest BCUT2D eigenvalue weighted by molar-refractivity contribution is 9.10. The summed E-state index contributed by atoms with van der Waals surface area (Å²) < 4.78 is 23.5. The van der Waals surface area contributed by atoms with E-state index in [1.165, 1.54) is 18.3 Å². The van der Waals surface area contributed by atoms with Crippen LogP contribution in [0.15, 0.2) is 32.5 Å². The van der Waals surface area contributed by atoms with Crippen LogP contribution < -0.4 is 10.7 Å². The molecule has 0 spiro atoms. The average molecular weight is 399 g/mol. The van der Waals surface area contributed by atoms with E-state index in [2.05, 4.69) is 25.9 Å². The lowest BCUT2D eigenvalue weighted by Crippen LogP contribution is -2.17. The molecule has 2 aromatic heterocycles. The van der Waals surface area contributed by atoms with Gasteiger partial charge < -0.3 is 4.98 Å². The van der Waals surface area contributed by atoms with Gasteiger partial charge in [0.2, 0.25) is 10.0 Å². The van der Waals surface area contributed by atoms with Gasteiger partial charge in [0.1, 0.15) is 10.0 Å². The standard InChI is InChI=1S/C10H6BrCl2N3O3S/c11-6-2-7(20(14,18)19)8(16-9(6)13)5-1-4(12)3-15-10(5)17/h1-3H,(H,15,17)(H2,14,18,19). The Labute approximate surface area is 132 Å². The Balaban J connectivity index is 2.90. The lowest BCUT2D eigenvalue weighted by atomic mass is 10.2. The van der Waals surface area contributed by atoms with E-state index < -0.39 is 15.6 Å². The molecule has 6 nitrogen and oxygen atoms in total. The van der Waals surface area contributed by atoms with E-state index in [-0.39, 0.29) is 30.8 Å². The highest BCUT2D eigenvalue weighted by Crippen LogP contribution is 2.30. The van der Waals surface area contributed by atoms with Gasteiger partial charge >= 0.3 is 0 Å². The number of pyridine rings is 2. The minimum atomic E-state index is -4.10. The number of aromatic amines is 1. The van der Waals surface area contributed by atoms with E-state index in [0.717, 1.165) is 0 Å². The van der Waals surface area contributed by atoms with Crippen LogP contribution in [0.4, 0.5) is 0 Å². The summed E-state index contributed by atoms with van der Waals surface area (Å²) in [6, 6.07) is 2.46. The minimum Gasteiger partial charge on any atom is -0.327 e. The maximum absolute atomic E-state index is 11.8. The number of rotatable bonds is 2. The number of hydrogen-bond acceptors (Lipinski definition) is 4. The van der Waals surface area contributed by atoms with Crippen LogP contribution in [0.2, 0.25) is 10.2 Å². The quantitative estimate of drug-likeness (QED) is 0.755. The fourth-order valence-corrected chi connectivity index (χ4v) is 2.97. The van der Waals surface area contributed by atoms with Crippen molar-refractivity contribution in [3.05, 3.63) is 43.3 Å². The molecule has 0 aliphatic carbocycles. The molecule has 2 heterocycles. The van der Waals surface area contributed by atoms with Gasteiger partial charge in [0.15, 0.2) is 0 Å². The summed E-state index contributed by atoms with van der Waals surface area (Å²) in [6.45, 7) is 0. The van der Waals surface area contributed by atoms with Gasteiger partial charge in [-0.15, -0.1) is 0 Å². The molecule has 3 N–H and O–H groups in total. The number of sulfonamides is 1. The molecule has 106 valence electrons. The van der Waals surface area contributed by atoms with Crippen LogP contribution in [-0.2, 0) is 10.0 Å². The third-order valence-electron chi connectivity index (χ3n) is 2.33. The molecular weight excluding hydrogens is 393 g/mol. The van der Waals surface area contributed by atoms with E-state index in [9.17, 15) is 13.2 Å². The van der Waals surface area contributed by atoms with Crippen molar-refractivity contribution in [3.8, 4) is 11.3 Å². The fraction of sp³-hybridized carbons (Fsp3) is 0. The van der Waals surface area contributed by atoms with Crippen molar-refractivity contribution in [2.24, 2.45) is 5.14 Å². The Morgan fingerprint density at radius 2 is 1.95 bits per heavy atom. The Morgan fingerprint density at radius 3 is 2.55 bits per heavy atom. The van der Waals surface area contributed by atoms with Crippen molar-refractivity contribution >= 4 is 49.2 Å². The molecular formula is C10H6BrCl2N3O3S. The van der Waals surface area contributed by atoms with Crippen molar-refractivity contribution in [1.29, 1.82) is 0 Å². The summed E-state index contributed by atoms with van der Waals surface area (Å²) in [5, 5.41) is 5.33. The van der Waals surface area contributed by atoms with Crippen molar-refractivity contribution in [2.45, 2.75) is 4.90 Å². The molecule has 0 saturated heterocycles.